The maximum Gasteiger partial charge on any atom is 0.341 e. The Bertz CT molecular complexity index is 640. The number of hydrogen-bond acceptors (Lipinski definition) is 6. The summed E-state index contributed by atoms with van der Waals surface area (Å²) in [4.78, 5) is 24.7. The Kier molecular flexibility index (Phi) is 4.18. The molecule has 0 unspecified atom stereocenters. The SMILES string of the molecule is COC(=O)c1cccnc1N1CCN(c2ccncc2)CC1. The molecule has 6 nitrogen and oxygen atoms in total. The summed E-state index contributed by atoms with van der Waals surface area (Å²) in [5, 5.41) is 0. The van der Waals surface area contributed by atoms with E-state index in [2.05, 4.69) is 19.8 Å². The quantitative estimate of drug-likeness (QED) is 0.802. The fourth-order valence-corrected chi connectivity index (χ4v) is 2.65. The third-order valence-electron chi connectivity index (χ3n) is 3.80. The summed E-state index contributed by atoms with van der Waals surface area (Å²) in [5.41, 5.74) is 1.69. The van der Waals surface area contributed by atoms with Crippen LogP contribution in [-0.2, 0) is 4.74 Å². The van der Waals surface area contributed by atoms with E-state index in [0.29, 0.717) is 11.4 Å². The molecule has 0 aliphatic carbocycles. The zero-order chi connectivity index (χ0) is 15.4. The van der Waals surface area contributed by atoms with Crippen molar-refractivity contribution in [2.75, 3.05) is 43.1 Å². The predicted molar refractivity (Wildman–Crippen MR) is 84.2 cm³/mol. The van der Waals surface area contributed by atoms with Crippen molar-refractivity contribution in [1.82, 2.24) is 9.97 Å². The summed E-state index contributed by atoms with van der Waals surface area (Å²) < 4.78 is 4.84. The number of ether oxygens (including phenoxy) is 1. The Hall–Kier alpha value is -2.63. The van der Waals surface area contributed by atoms with Crippen LogP contribution in [0.3, 0.4) is 0 Å². The summed E-state index contributed by atoms with van der Waals surface area (Å²) in [6.07, 6.45) is 5.31. The summed E-state index contributed by atoms with van der Waals surface area (Å²) in [5.74, 6) is 0.350. The Morgan fingerprint density at radius 3 is 2.41 bits per heavy atom. The molecule has 114 valence electrons. The fourth-order valence-electron chi connectivity index (χ4n) is 2.65. The van der Waals surface area contributed by atoms with Crippen molar-refractivity contribution in [1.29, 1.82) is 0 Å². The lowest BCUT2D eigenvalue weighted by Crippen LogP contribution is -2.47. The van der Waals surface area contributed by atoms with Crippen molar-refractivity contribution in [3.63, 3.8) is 0 Å². The maximum absolute atomic E-state index is 11.9. The van der Waals surface area contributed by atoms with Crippen LogP contribution in [0.1, 0.15) is 10.4 Å². The molecule has 0 spiro atoms. The van der Waals surface area contributed by atoms with Crippen molar-refractivity contribution >= 4 is 17.5 Å². The van der Waals surface area contributed by atoms with Gasteiger partial charge in [0, 0.05) is 50.5 Å². The average molecular weight is 298 g/mol. The van der Waals surface area contributed by atoms with Gasteiger partial charge in [-0.3, -0.25) is 4.98 Å². The number of methoxy groups -OCH3 is 1. The van der Waals surface area contributed by atoms with Crippen LogP contribution in [0.15, 0.2) is 42.9 Å². The van der Waals surface area contributed by atoms with E-state index in [-0.39, 0.29) is 5.97 Å². The third kappa shape index (κ3) is 2.86. The van der Waals surface area contributed by atoms with Gasteiger partial charge >= 0.3 is 5.97 Å². The number of hydrogen-bond donors (Lipinski definition) is 0. The van der Waals surface area contributed by atoms with E-state index in [0.717, 1.165) is 26.2 Å². The second-order valence-electron chi connectivity index (χ2n) is 5.05. The van der Waals surface area contributed by atoms with Gasteiger partial charge in [-0.15, -0.1) is 0 Å². The van der Waals surface area contributed by atoms with Gasteiger partial charge in [0.25, 0.3) is 0 Å². The minimum absolute atomic E-state index is 0.348. The first kappa shape index (κ1) is 14.3. The summed E-state index contributed by atoms with van der Waals surface area (Å²) in [7, 11) is 1.39. The lowest BCUT2D eigenvalue weighted by Gasteiger charge is -2.37. The lowest BCUT2D eigenvalue weighted by atomic mass is 10.2. The molecule has 3 rings (SSSR count). The van der Waals surface area contributed by atoms with Crippen LogP contribution >= 0.6 is 0 Å². The van der Waals surface area contributed by atoms with Crippen molar-refractivity contribution in [2.24, 2.45) is 0 Å². The summed E-state index contributed by atoms with van der Waals surface area (Å²) >= 11 is 0. The van der Waals surface area contributed by atoms with Gasteiger partial charge in [-0.05, 0) is 24.3 Å². The third-order valence-corrected chi connectivity index (χ3v) is 3.80. The molecule has 1 aliphatic rings. The number of esters is 1. The van der Waals surface area contributed by atoms with Crippen LogP contribution in [-0.4, -0.2) is 49.2 Å². The normalized spacial score (nSPS) is 14.8. The first-order valence-corrected chi connectivity index (χ1v) is 7.23. The van der Waals surface area contributed by atoms with Crippen LogP contribution in [0.25, 0.3) is 0 Å². The highest BCUT2D eigenvalue weighted by molar-refractivity contribution is 5.94. The Morgan fingerprint density at radius 1 is 1.05 bits per heavy atom. The molecule has 3 heterocycles. The molecule has 0 amide bonds. The van der Waals surface area contributed by atoms with Crippen LogP contribution in [0.2, 0.25) is 0 Å². The second-order valence-corrected chi connectivity index (χ2v) is 5.05. The molecule has 6 heteroatoms. The van der Waals surface area contributed by atoms with E-state index in [1.165, 1.54) is 12.8 Å². The topological polar surface area (TPSA) is 58.6 Å². The number of carbonyl (C=O) groups is 1. The zero-order valence-corrected chi connectivity index (χ0v) is 12.5. The maximum atomic E-state index is 11.9. The first-order valence-electron chi connectivity index (χ1n) is 7.23. The number of anilines is 2. The lowest BCUT2D eigenvalue weighted by molar-refractivity contribution is 0.0601. The van der Waals surface area contributed by atoms with E-state index in [9.17, 15) is 4.79 Å². The fraction of sp³-hybridized carbons (Fsp3) is 0.312. The second kappa shape index (κ2) is 6.43. The van der Waals surface area contributed by atoms with Gasteiger partial charge in [0.1, 0.15) is 11.4 Å². The molecule has 0 bridgehead atoms. The molecule has 1 saturated heterocycles. The summed E-state index contributed by atoms with van der Waals surface area (Å²) in [6.45, 7) is 3.37. The van der Waals surface area contributed by atoms with E-state index in [4.69, 9.17) is 4.74 Å². The van der Waals surface area contributed by atoms with Crippen molar-refractivity contribution < 1.29 is 9.53 Å². The van der Waals surface area contributed by atoms with E-state index in [1.807, 2.05) is 12.1 Å². The van der Waals surface area contributed by atoms with Gasteiger partial charge in [-0.1, -0.05) is 0 Å². The van der Waals surface area contributed by atoms with Gasteiger partial charge in [-0.2, -0.15) is 0 Å². The number of nitrogens with zero attached hydrogens (tertiary/aromatic N) is 4. The van der Waals surface area contributed by atoms with E-state index >= 15 is 0 Å². The minimum atomic E-state index is -0.348. The highest BCUT2D eigenvalue weighted by Gasteiger charge is 2.22. The first-order chi connectivity index (χ1) is 10.8. The number of pyridine rings is 2. The standard InChI is InChI=1S/C16H18N4O2/c1-22-16(21)14-3-2-6-18-15(14)20-11-9-19(10-12-20)13-4-7-17-8-5-13/h2-8H,9-12H2,1H3. The zero-order valence-electron chi connectivity index (χ0n) is 12.5. The molecule has 0 atom stereocenters. The van der Waals surface area contributed by atoms with Crippen molar-refractivity contribution in [3.8, 4) is 0 Å². The molecule has 22 heavy (non-hydrogen) atoms. The van der Waals surface area contributed by atoms with Gasteiger partial charge in [-0.25, -0.2) is 9.78 Å². The number of carbonyl (C=O) groups excluding carboxylic acids is 1. The van der Waals surface area contributed by atoms with Crippen LogP contribution < -0.4 is 9.80 Å². The van der Waals surface area contributed by atoms with E-state index in [1.54, 1.807) is 30.7 Å². The molecule has 0 aromatic carbocycles. The summed E-state index contributed by atoms with van der Waals surface area (Å²) in [6, 6.07) is 7.53. The van der Waals surface area contributed by atoms with Crippen LogP contribution in [0, 0.1) is 0 Å². The largest absolute Gasteiger partial charge is 0.465 e. The Morgan fingerprint density at radius 2 is 1.73 bits per heavy atom. The molecular weight excluding hydrogens is 280 g/mol. The monoisotopic (exact) mass is 298 g/mol. The molecule has 0 radical (unpaired) electrons. The average Bonchev–Trinajstić information content (AvgIpc) is 2.62. The van der Waals surface area contributed by atoms with Crippen LogP contribution in [0.4, 0.5) is 11.5 Å². The molecule has 0 saturated carbocycles. The van der Waals surface area contributed by atoms with Gasteiger partial charge in [0.2, 0.25) is 0 Å². The smallest absolute Gasteiger partial charge is 0.341 e. The van der Waals surface area contributed by atoms with Crippen molar-refractivity contribution in [2.45, 2.75) is 0 Å². The molecule has 1 aliphatic heterocycles. The highest BCUT2D eigenvalue weighted by Crippen LogP contribution is 2.22. The molecule has 2 aromatic heterocycles. The number of aromatic nitrogens is 2. The molecule has 0 N–H and O–H groups in total. The van der Waals surface area contributed by atoms with Gasteiger partial charge < -0.3 is 14.5 Å². The molecular formula is C16H18N4O2. The van der Waals surface area contributed by atoms with Gasteiger partial charge in [0.05, 0.1) is 7.11 Å². The Balaban J connectivity index is 1.73. The Labute approximate surface area is 129 Å². The van der Waals surface area contributed by atoms with Crippen LogP contribution in [0.5, 0.6) is 0 Å². The molecule has 2 aromatic rings. The number of piperazine rings is 1. The minimum Gasteiger partial charge on any atom is -0.465 e. The predicted octanol–water partition coefficient (Wildman–Crippen LogP) is 1.59. The van der Waals surface area contributed by atoms with E-state index < -0.39 is 0 Å². The number of rotatable bonds is 3. The van der Waals surface area contributed by atoms with Gasteiger partial charge in [0.15, 0.2) is 0 Å². The van der Waals surface area contributed by atoms with Crippen molar-refractivity contribution in [3.05, 3.63) is 48.4 Å². The molecule has 1 fully saturated rings. The highest BCUT2D eigenvalue weighted by atomic mass is 16.5.